The quantitative estimate of drug-likeness (QED) is 0.222. The number of benzene rings is 1. The summed E-state index contributed by atoms with van der Waals surface area (Å²) in [6.45, 7) is 2.11. The van der Waals surface area contributed by atoms with E-state index in [0.717, 1.165) is 47.4 Å². The first-order chi connectivity index (χ1) is 12.2. The molecule has 5 nitrogen and oxygen atoms in total. The van der Waals surface area contributed by atoms with E-state index < -0.39 is 0 Å². The highest BCUT2D eigenvalue weighted by molar-refractivity contribution is 14.0. The van der Waals surface area contributed by atoms with Crippen LogP contribution in [0.4, 0.5) is 0 Å². The Bertz CT molecular complexity index is 694. The Morgan fingerprint density at radius 2 is 1.81 bits per heavy atom. The normalized spacial score (nSPS) is 10.8. The molecule has 8 heteroatoms. The number of guanidine groups is 1. The maximum Gasteiger partial charge on any atom is 0.261 e. The van der Waals surface area contributed by atoms with Crippen LogP contribution in [0.5, 0.6) is 0 Å². The number of aliphatic imine (C=N–C) groups is 1. The lowest BCUT2D eigenvalue weighted by atomic mass is 10.1. The second-order valence-electron chi connectivity index (χ2n) is 5.35. The van der Waals surface area contributed by atoms with E-state index >= 15 is 0 Å². The first-order valence-corrected chi connectivity index (χ1v) is 9.46. The molecule has 0 fully saturated rings. The topological polar surface area (TPSA) is 65.5 Å². The zero-order valence-corrected chi connectivity index (χ0v) is 18.5. The average molecular weight is 507 g/mol. The van der Waals surface area contributed by atoms with Crippen LogP contribution in [0.25, 0.3) is 0 Å². The van der Waals surface area contributed by atoms with Gasteiger partial charge < -0.3 is 16.0 Å². The van der Waals surface area contributed by atoms with Crippen molar-refractivity contribution >= 4 is 58.8 Å². The van der Waals surface area contributed by atoms with Crippen LogP contribution in [0.3, 0.4) is 0 Å². The van der Waals surface area contributed by atoms with E-state index in [4.69, 9.17) is 11.6 Å². The lowest BCUT2D eigenvalue weighted by Gasteiger charge is -2.12. The Kier molecular flexibility index (Phi) is 11.3. The van der Waals surface area contributed by atoms with Crippen LogP contribution in [0.2, 0.25) is 5.02 Å². The van der Waals surface area contributed by atoms with Gasteiger partial charge in [-0.1, -0.05) is 35.9 Å². The maximum absolute atomic E-state index is 11.8. The molecule has 0 aliphatic carbocycles. The van der Waals surface area contributed by atoms with Crippen molar-refractivity contribution < 1.29 is 4.79 Å². The van der Waals surface area contributed by atoms with Gasteiger partial charge in [-0.15, -0.1) is 35.3 Å². The molecule has 0 unspecified atom stereocenters. The van der Waals surface area contributed by atoms with Gasteiger partial charge in [-0.2, -0.15) is 0 Å². The van der Waals surface area contributed by atoms with Gasteiger partial charge in [0.05, 0.1) is 4.88 Å². The SMILES string of the molecule is CN=C(NCCCNC(=O)c1cccs1)NCCc1ccccc1Cl.I. The van der Waals surface area contributed by atoms with Crippen LogP contribution >= 0.6 is 46.9 Å². The molecule has 26 heavy (non-hydrogen) atoms. The number of hydrogen-bond acceptors (Lipinski definition) is 3. The van der Waals surface area contributed by atoms with Gasteiger partial charge >= 0.3 is 0 Å². The second kappa shape index (κ2) is 12.9. The van der Waals surface area contributed by atoms with Crippen LogP contribution in [0.1, 0.15) is 21.7 Å². The van der Waals surface area contributed by atoms with Crippen LogP contribution in [0, 0.1) is 0 Å². The number of nitrogens with zero attached hydrogens (tertiary/aromatic N) is 1. The van der Waals surface area contributed by atoms with Gasteiger partial charge in [-0.3, -0.25) is 9.79 Å². The van der Waals surface area contributed by atoms with E-state index in [1.807, 2.05) is 41.8 Å². The summed E-state index contributed by atoms with van der Waals surface area (Å²) in [6, 6.07) is 11.5. The number of amides is 1. The Labute approximate surface area is 180 Å². The highest BCUT2D eigenvalue weighted by atomic mass is 127. The van der Waals surface area contributed by atoms with Gasteiger partial charge in [-0.25, -0.2) is 0 Å². The molecule has 0 radical (unpaired) electrons. The van der Waals surface area contributed by atoms with Crippen LogP contribution < -0.4 is 16.0 Å². The maximum atomic E-state index is 11.8. The van der Waals surface area contributed by atoms with Crippen molar-refractivity contribution in [2.75, 3.05) is 26.7 Å². The molecular weight excluding hydrogens is 483 g/mol. The monoisotopic (exact) mass is 506 g/mol. The Morgan fingerprint density at radius 1 is 1.08 bits per heavy atom. The number of nitrogens with one attached hydrogen (secondary N) is 3. The van der Waals surface area contributed by atoms with Gasteiger partial charge in [0.1, 0.15) is 0 Å². The molecule has 0 saturated carbocycles. The van der Waals surface area contributed by atoms with Crippen molar-refractivity contribution in [2.24, 2.45) is 4.99 Å². The number of carbonyl (C=O) groups excluding carboxylic acids is 1. The summed E-state index contributed by atoms with van der Waals surface area (Å²) in [5, 5.41) is 12.1. The van der Waals surface area contributed by atoms with Gasteiger partial charge in [0.2, 0.25) is 0 Å². The zero-order chi connectivity index (χ0) is 17.9. The molecule has 0 spiro atoms. The predicted molar refractivity (Wildman–Crippen MR) is 121 cm³/mol. The molecule has 1 aromatic heterocycles. The lowest BCUT2D eigenvalue weighted by Crippen LogP contribution is -2.39. The minimum absolute atomic E-state index is 0. The summed E-state index contributed by atoms with van der Waals surface area (Å²) in [4.78, 5) is 16.7. The van der Waals surface area contributed by atoms with Crippen molar-refractivity contribution in [3.8, 4) is 0 Å². The number of rotatable bonds is 8. The standard InChI is InChI=1S/C18H23ClN4OS.HI/c1-20-18(23-12-9-14-6-2-3-7-15(14)19)22-11-5-10-21-17(24)16-8-4-13-25-16;/h2-4,6-8,13H,5,9-12H2,1H3,(H,21,24)(H2,20,22,23);1H. The molecule has 142 valence electrons. The summed E-state index contributed by atoms with van der Waals surface area (Å²) < 4.78 is 0. The Hall–Kier alpha value is -1.32. The third-order valence-corrected chi connectivity index (χ3v) is 4.78. The summed E-state index contributed by atoms with van der Waals surface area (Å²) in [5.41, 5.74) is 1.11. The highest BCUT2D eigenvalue weighted by Crippen LogP contribution is 2.14. The second-order valence-corrected chi connectivity index (χ2v) is 6.71. The third-order valence-electron chi connectivity index (χ3n) is 3.54. The fraction of sp³-hybridized carbons (Fsp3) is 0.333. The highest BCUT2D eigenvalue weighted by Gasteiger charge is 2.05. The fourth-order valence-corrected chi connectivity index (χ4v) is 3.10. The molecule has 2 aromatic rings. The zero-order valence-electron chi connectivity index (χ0n) is 14.6. The average Bonchev–Trinajstić information content (AvgIpc) is 3.16. The van der Waals surface area contributed by atoms with Gasteiger partial charge in [0.25, 0.3) is 5.91 Å². The van der Waals surface area contributed by atoms with Crippen LogP contribution in [-0.2, 0) is 6.42 Å². The summed E-state index contributed by atoms with van der Waals surface area (Å²) in [6.07, 6.45) is 1.65. The summed E-state index contributed by atoms with van der Waals surface area (Å²) >= 11 is 7.59. The first kappa shape index (κ1) is 22.7. The molecule has 3 N–H and O–H groups in total. The minimum Gasteiger partial charge on any atom is -0.356 e. The molecule has 1 heterocycles. The van der Waals surface area contributed by atoms with E-state index in [0.29, 0.717) is 6.54 Å². The molecular formula is C18H24ClIN4OS. The first-order valence-electron chi connectivity index (χ1n) is 8.20. The molecule has 0 bridgehead atoms. The van der Waals surface area contributed by atoms with Gasteiger partial charge in [0, 0.05) is 31.7 Å². The van der Waals surface area contributed by atoms with E-state index in [2.05, 4.69) is 20.9 Å². The third kappa shape index (κ3) is 7.92. The number of hydrogen-bond donors (Lipinski definition) is 3. The van der Waals surface area contributed by atoms with Crippen LogP contribution in [0.15, 0.2) is 46.8 Å². The Balaban J connectivity index is 0.00000338. The van der Waals surface area contributed by atoms with Gasteiger partial charge in [0.15, 0.2) is 5.96 Å². The Morgan fingerprint density at radius 3 is 2.50 bits per heavy atom. The van der Waals surface area contributed by atoms with Crippen molar-refractivity contribution in [3.05, 3.63) is 57.2 Å². The van der Waals surface area contributed by atoms with Crippen molar-refractivity contribution in [1.29, 1.82) is 0 Å². The molecule has 0 aliphatic rings. The van der Waals surface area contributed by atoms with Crippen LogP contribution in [-0.4, -0.2) is 38.5 Å². The molecule has 0 aliphatic heterocycles. The van der Waals surface area contributed by atoms with Crippen molar-refractivity contribution in [3.63, 3.8) is 0 Å². The number of carbonyl (C=O) groups is 1. The van der Waals surface area contributed by atoms with Gasteiger partial charge in [-0.05, 0) is 35.9 Å². The fourth-order valence-electron chi connectivity index (χ4n) is 2.23. The van der Waals surface area contributed by atoms with Crippen molar-refractivity contribution in [1.82, 2.24) is 16.0 Å². The number of thiophene rings is 1. The summed E-state index contributed by atoms with van der Waals surface area (Å²) in [7, 11) is 1.74. The largest absolute Gasteiger partial charge is 0.356 e. The minimum atomic E-state index is -0.0164. The molecule has 1 amide bonds. The van der Waals surface area contributed by atoms with E-state index in [-0.39, 0.29) is 29.9 Å². The van der Waals surface area contributed by atoms with E-state index in [1.54, 1.807) is 7.05 Å². The lowest BCUT2D eigenvalue weighted by molar-refractivity contribution is 0.0957. The van der Waals surface area contributed by atoms with Crippen molar-refractivity contribution in [2.45, 2.75) is 12.8 Å². The predicted octanol–water partition coefficient (Wildman–Crippen LogP) is 3.55. The van der Waals surface area contributed by atoms with E-state index in [1.165, 1.54) is 11.3 Å². The molecule has 1 aromatic carbocycles. The number of halogens is 2. The smallest absolute Gasteiger partial charge is 0.261 e. The van der Waals surface area contributed by atoms with E-state index in [9.17, 15) is 4.79 Å². The summed E-state index contributed by atoms with van der Waals surface area (Å²) in [5.74, 6) is 0.730. The molecule has 2 rings (SSSR count). The molecule has 0 atom stereocenters. The molecule has 0 saturated heterocycles.